The van der Waals surface area contributed by atoms with Crippen molar-refractivity contribution < 1.29 is 23.7 Å². The first-order valence-corrected chi connectivity index (χ1v) is 16.2. The fraction of sp³-hybridized carbons (Fsp3) is 0.368. The van der Waals surface area contributed by atoms with Gasteiger partial charge in [0.2, 0.25) is 0 Å². The number of hydrogen-bond acceptors (Lipinski definition) is 6. The van der Waals surface area contributed by atoms with Crippen LogP contribution >= 0.6 is 11.8 Å². The van der Waals surface area contributed by atoms with E-state index in [1.165, 1.54) is 0 Å². The molecule has 1 aliphatic heterocycles. The van der Waals surface area contributed by atoms with Crippen LogP contribution in [0.25, 0.3) is 0 Å². The van der Waals surface area contributed by atoms with Crippen molar-refractivity contribution in [3.8, 4) is 0 Å². The Morgan fingerprint density at radius 3 is 1.34 bits per heavy atom. The Morgan fingerprint density at radius 1 is 0.523 bits per heavy atom. The van der Waals surface area contributed by atoms with E-state index >= 15 is 0 Å². The van der Waals surface area contributed by atoms with E-state index in [0.717, 1.165) is 22.3 Å². The molecule has 0 spiro atoms. The highest BCUT2D eigenvalue weighted by Gasteiger charge is 2.49. The van der Waals surface area contributed by atoms with Crippen LogP contribution in [0, 0.1) is 0 Å². The van der Waals surface area contributed by atoms with Gasteiger partial charge < -0.3 is 23.7 Å². The van der Waals surface area contributed by atoms with E-state index in [9.17, 15) is 0 Å². The minimum atomic E-state index is -0.424. The van der Waals surface area contributed by atoms with Crippen molar-refractivity contribution in [1.29, 1.82) is 0 Å². The monoisotopic (exact) mass is 612 g/mol. The Morgan fingerprint density at radius 2 is 0.909 bits per heavy atom. The summed E-state index contributed by atoms with van der Waals surface area (Å²) in [6.07, 6.45) is -1.57. The van der Waals surface area contributed by atoms with Crippen LogP contribution < -0.4 is 0 Å². The van der Waals surface area contributed by atoms with Gasteiger partial charge in [0.25, 0.3) is 0 Å². The highest BCUT2D eigenvalue weighted by Crippen LogP contribution is 2.40. The maximum Gasteiger partial charge on any atom is 0.133 e. The van der Waals surface area contributed by atoms with Gasteiger partial charge in [-0.1, -0.05) is 142 Å². The SMILES string of the molecule is CC(C)(C)S[C@H]1O[C@H](COCc2ccccc2)[C@@H](OCc2ccccc2)[C@H](OCc2ccccc2)[C@H]1OCc1ccccc1. The van der Waals surface area contributed by atoms with Crippen molar-refractivity contribution in [3.05, 3.63) is 144 Å². The molecule has 0 aliphatic carbocycles. The molecule has 5 nitrogen and oxygen atoms in total. The van der Waals surface area contributed by atoms with E-state index < -0.39 is 12.2 Å². The van der Waals surface area contributed by atoms with E-state index in [2.05, 4.69) is 69.3 Å². The lowest BCUT2D eigenvalue weighted by atomic mass is 9.98. The predicted molar refractivity (Wildman–Crippen MR) is 177 cm³/mol. The third-order valence-electron chi connectivity index (χ3n) is 7.31. The highest BCUT2D eigenvalue weighted by molar-refractivity contribution is 8.01. The number of ether oxygens (including phenoxy) is 5. The maximum absolute atomic E-state index is 6.89. The second-order valence-corrected chi connectivity index (χ2v) is 14.0. The van der Waals surface area contributed by atoms with Gasteiger partial charge in [0.05, 0.1) is 33.0 Å². The van der Waals surface area contributed by atoms with Gasteiger partial charge in [0.1, 0.15) is 29.9 Å². The standard InChI is InChI=1S/C38H44O5S/c1-38(2,3)44-37-36(42-27-32-22-14-7-15-23-32)35(41-26-31-20-12-6-13-21-31)34(40-25-30-18-10-5-11-19-30)33(43-37)28-39-24-29-16-8-4-9-17-29/h4-23,33-37H,24-28H2,1-3H3/t33-,34-,35+,36-,37-/m1/s1. The van der Waals surface area contributed by atoms with Crippen LogP contribution in [0.3, 0.4) is 0 Å². The average molecular weight is 613 g/mol. The summed E-state index contributed by atoms with van der Waals surface area (Å²) in [7, 11) is 0. The van der Waals surface area contributed by atoms with Gasteiger partial charge in [-0.25, -0.2) is 0 Å². The van der Waals surface area contributed by atoms with E-state index in [0.29, 0.717) is 33.0 Å². The van der Waals surface area contributed by atoms with Crippen LogP contribution in [0.1, 0.15) is 43.0 Å². The topological polar surface area (TPSA) is 46.2 Å². The van der Waals surface area contributed by atoms with Crippen LogP contribution in [-0.4, -0.2) is 41.2 Å². The molecule has 5 rings (SSSR count). The van der Waals surface area contributed by atoms with Gasteiger partial charge in [-0.3, -0.25) is 0 Å². The molecule has 232 valence electrons. The van der Waals surface area contributed by atoms with Gasteiger partial charge in [0.15, 0.2) is 0 Å². The Labute approximate surface area is 266 Å². The first-order chi connectivity index (χ1) is 21.4. The summed E-state index contributed by atoms with van der Waals surface area (Å²) in [4.78, 5) is 0. The molecule has 1 fully saturated rings. The molecule has 1 aliphatic rings. The molecule has 4 aromatic rings. The molecule has 1 saturated heterocycles. The lowest BCUT2D eigenvalue weighted by Crippen LogP contribution is -2.60. The summed E-state index contributed by atoms with van der Waals surface area (Å²) in [5, 5.41) is 0. The second kappa shape index (κ2) is 16.4. The predicted octanol–water partition coefficient (Wildman–Crippen LogP) is 8.22. The number of rotatable bonds is 14. The van der Waals surface area contributed by atoms with Gasteiger partial charge in [-0.15, -0.1) is 11.8 Å². The average Bonchev–Trinajstić information content (AvgIpc) is 3.04. The first kappa shape index (κ1) is 32.4. The smallest absolute Gasteiger partial charge is 0.133 e. The van der Waals surface area contributed by atoms with Crippen molar-refractivity contribution in [2.75, 3.05) is 6.61 Å². The minimum Gasteiger partial charge on any atom is -0.374 e. The number of hydrogen-bond donors (Lipinski definition) is 0. The third-order valence-corrected chi connectivity index (χ3v) is 8.63. The van der Waals surface area contributed by atoms with Crippen molar-refractivity contribution in [2.24, 2.45) is 0 Å². The Bertz CT molecular complexity index is 1350. The van der Waals surface area contributed by atoms with Crippen LogP contribution in [0.5, 0.6) is 0 Å². The van der Waals surface area contributed by atoms with Gasteiger partial charge in [0, 0.05) is 4.75 Å². The minimum absolute atomic E-state index is 0.0732. The lowest BCUT2D eigenvalue weighted by molar-refractivity contribution is -0.254. The zero-order chi connectivity index (χ0) is 30.6. The largest absolute Gasteiger partial charge is 0.374 e. The molecule has 0 bridgehead atoms. The normalized spacial score (nSPS) is 22.1. The summed E-state index contributed by atoms with van der Waals surface area (Å²) >= 11 is 1.76. The quantitative estimate of drug-likeness (QED) is 0.143. The van der Waals surface area contributed by atoms with Crippen LogP contribution in [0.2, 0.25) is 0 Å². The molecule has 4 aromatic carbocycles. The second-order valence-electron chi connectivity index (χ2n) is 12.1. The summed E-state index contributed by atoms with van der Waals surface area (Å²) in [5.74, 6) is 0. The maximum atomic E-state index is 6.89. The molecule has 44 heavy (non-hydrogen) atoms. The number of thioether (sulfide) groups is 1. The van der Waals surface area contributed by atoms with Crippen LogP contribution in [-0.2, 0) is 50.1 Å². The van der Waals surface area contributed by atoms with E-state index in [1.54, 1.807) is 11.8 Å². The Balaban J connectivity index is 1.44. The zero-order valence-corrected chi connectivity index (χ0v) is 26.7. The molecule has 0 N–H and O–H groups in total. The Kier molecular flexibility index (Phi) is 12.1. The number of benzene rings is 4. The third kappa shape index (κ3) is 10.0. The molecule has 6 heteroatoms. The van der Waals surface area contributed by atoms with Crippen LogP contribution in [0.4, 0.5) is 0 Å². The fourth-order valence-corrected chi connectivity index (χ4v) is 6.45. The molecule has 0 unspecified atom stereocenters. The summed E-state index contributed by atoms with van der Waals surface area (Å²) in [6.45, 7) is 8.78. The molecular formula is C38H44O5S. The fourth-order valence-electron chi connectivity index (χ4n) is 5.19. The van der Waals surface area contributed by atoms with Crippen molar-refractivity contribution in [1.82, 2.24) is 0 Å². The van der Waals surface area contributed by atoms with E-state index in [1.807, 2.05) is 72.8 Å². The van der Waals surface area contributed by atoms with Crippen molar-refractivity contribution in [2.45, 2.75) is 81.8 Å². The molecule has 0 amide bonds. The first-order valence-electron chi connectivity index (χ1n) is 15.4. The van der Waals surface area contributed by atoms with Gasteiger partial charge in [-0.05, 0) is 22.3 Å². The lowest BCUT2D eigenvalue weighted by Gasteiger charge is -2.47. The van der Waals surface area contributed by atoms with Crippen molar-refractivity contribution >= 4 is 11.8 Å². The molecular weight excluding hydrogens is 568 g/mol. The molecule has 0 radical (unpaired) electrons. The van der Waals surface area contributed by atoms with E-state index in [-0.39, 0.29) is 22.4 Å². The summed E-state index contributed by atoms with van der Waals surface area (Å²) < 4.78 is 33.4. The summed E-state index contributed by atoms with van der Waals surface area (Å²) in [5.41, 5.74) is 4.11. The molecule has 0 aromatic heterocycles. The molecule has 0 saturated carbocycles. The van der Waals surface area contributed by atoms with Gasteiger partial charge in [-0.2, -0.15) is 0 Å². The van der Waals surface area contributed by atoms with Crippen molar-refractivity contribution in [3.63, 3.8) is 0 Å². The molecule has 1 heterocycles. The Hall–Kier alpha value is -2.97. The highest BCUT2D eigenvalue weighted by atomic mass is 32.2. The zero-order valence-electron chi connectivity index (χ0n) is 25.9. The summed E-state index contributed by atoms with van der Waals surface area (Å²) in [6, 6.07) is 40.9. The van der Waals surface area contributed by atoms with Crippen LogP contribution in [0.15, 0.2) is 121 Å². The molecule has 5 atom stereocenters. The van der Waals surface area contributed by atoms with E-state index in [4.69, 9.17) is 23.7 Å². The van der Waals surface area contributed by atoms with Gasteiger partial charge >= 0.3 is 0 Å².